The Hall–Kier alpha value is -1.15. The molecular formula is C13H20N2O4S. The predicted molar refractivity (Wildman–Crippen MR) is 74.7 cm³/mol. The number of nitrogens with zero attached hydrogens (tertiary/aromatic N) is 1. The van der Waals surface area contributed by atoms with E-state index in [4.69, 9.17) is 14.9 Å². The zero-order valence-electron chi connectivity index (χ0n) is 11.8. The van der Waals surface area contributed by atoms with Crippen LogP contribution in [0.25, 0.3) is 0 Å². The largest absolute Gasteiger partial charge is 0.464 e. The summed E-state index contributed by atoms with van der Waals surface area (Å²) in [5, 5.41) is 0. The number of furan rings is 1. The number of sulfonamides is 1. The van der Waals surface area contributed by atoms with Gasteiger partial charge in [-0.2, -0.15) is 4.31 Å². The van der Waals surface area contributed by atoms with Crippen LogP contribution in [-0.2, 0) is 21.3 Å². The lowest BCUT2D eigenvalue weighted by Crippen LogP contribution is -2.35. The summed E-state index contributed by atoms with van der Waals surface area (Å²) < 4.78 is 37.0. The van der Waals surface area contributed by atoms with Gasteiger partial charge < -0.3 is 14.9 Å². The molecule has 0 bridgehead atoms. The zero-order valence-corrected chi connectivity index (χ0v) is 12.6. The Morgan fingerprint density at radius 3 is 2.75 bits per heavy atom. The summed E-state index contributed by atoms with van der Waals surface area (Å²) in [5.41, 5.74) is 6.61. The van der Waals surface area contributed by atoms with Crippen LogP contribution in [-0.4, -0.2) is 39.5 Å². The maximum absolute atomic E-state index is 12.6. The predicted octanol–water partition coefficient (Wildman–Crippen LogP) is 1.01. The van der Waals surface area contributed by atoms with Gasteiger partial charge in [0.2, 0.25) is 10.0 Å². The SMILES string of the molecule is COCC1=CCN(S(=O)(=O)c2cc(CN)oc2C)CC1. The second-order valence-electron chi connectivity index (χ2n) is 4.75. The van der Waals surface area contributed by atoms with Crippen molar-refractivity contribution in [3.05, 3.63) is 29.2 Å². The van der Waals surface area contributed by atoms with Crippen LogP contribution < -0.4 is 5.73 Å². The van der Waals surface area contributed by atoms with Crippen LogP contribution in [0.3, 0.4) is 0 Å². The van der Waals surface area contributed by atoms with E-state index in [0.29, 0.717) is 37.6 Å². The lowest BCUT2D eigenvalue weighted by Gasteiger charge is -2.25. The Balaban J connectivity index is 2.21. The van der Waals surface area contributed by atoms with Crippen LogP contribution in [0.2, 0.25) is 0 Å². The fraction of sp³-hybridized carbons (Fsp3) is 0.538. The smallest absolute Gasteiger partial charge is 0.246 e. The highest BCUT2D eigenvalue weighted by Gasteiger charge is 2.29. The van der Waals surface area contributed by atoms with Crippen molar-refractivity contribution in [1.82, 2.24) is 4.31 Å². The van der Waals surface area contributed by atoms with E-state index in [1.165, 1.54) is 10.4 Å². The molecule has 1 aromatic rings. The van der Waals surface area contributed by atoms with Crippen molar-refractivity contribution in [1.29, 1.82) is 0 Å². The summed E-state index contributed by atoms with van der Waals surface area (Å²) in [6.45, 7) is 3.20. The highest BCUT2D eigenvalue weighted by atomic mass is 32.2. The normalized spacial score (nSPS) is 17.2. The molecule has 0 amide bonds. The molecule has 1 aromatic heterocycles. The van der Waals surface area contributed by atoms with Crippen LogP contribution in [0.1, 0.15) is 17.9 Å². The molecule has 0 radical (unpaired) electrons. The number of nitrogens with two attached hydrogens (primary N) is 1. The van der Waals surface area contributed by atoms with E-state index in [-0.39, 0.29) is 11.4 Å². The molecule has 1 aliphatic heterocycles. The molecule has 2 heterocycles. The van der Waals surface area contributed by atoms with Crippen molar-refractivity contribution >= 4 is 10.0 Å². The summed E-state index contributed by atoms with van der Waals surface area (Å²) in [5.74, 6) is 0.866. The third-order valence-corrected chi connectivity index (χ3v) is 5.31. The average Bonchev–Trinajstić information content (AvgIpc) is 2.82. The first kappa shape index (κ1) is 15.2. The van der Waals surface area contributed by atoms with Crippen molar-refractivity contribution in [2.24, 2.45) is 5.73 Å². The van der Waals surface area contributed by atoms with Crippen molar-refractivity contribution in [2.45, 2.75) is 24.8 Å². The third kappa shape index (κ3) is 2.95. The van der Waals surface area contributed by atoms with Gasteiger partial charge in [-0.15, -0.1) is 0 Å². The van der Waals surface area contributed by atoms with Crippen LogP contribution in [0.5, 0.6) is 0 Å². The Morgan fingerprint density at radius 2 is 2.25 bits per heavy atom. The monoisotopic (exact) mass is 300 g/mol. The van der Waals surface area contributed by atoms with Gasteiger partial charge in [0.05, 0.1) is 13.2 Å². The van der Waals surface area contributed by atoms with Gasteiger partial charge in [-0.3, -0.25) is 0 Å². The topological polar surface area (TPSA) is 85.8 Å². The number of ether oxygens (including phenoxy) is 1. The van der Waals surface area contributed by atoms with Crippen molar-refractivity contribution in [3.8, 4) is 0 Å². The van der Waals surface area contributed by atoms with E-state index in [9.17, 15) is 8.42 Å². The molecule has 0 saturated carbocycles. The van der Waals surface area contributed by atoms with Gasteiger partial charge in [-0.05, 0) is 18.9 Å². The zero-order chi connectivity index (χ0) is 14.8. The molecule has 0 aromatic carbocycles. The highest BCUT2D eigenvalue weighted by Crippen LogP contribution is 2.25. The van der Waals surface area contributed by atoms with Gasteiger partial charge in [0, 0.05) is 26.3 Å². The molecule has 7 heteroatoms. The molecule has 0 saturated heterocycles. The van der Waals surface area contributed by atoms with Crippen molar-refractivity contribution < 1.29 is 17.6 Å². The van der Waals surface area contributed by atoms with Crippen LogP contribution in [0.4, 0.5) is 0 Å². The van der Waals surface area contributed by atoms with E-state index in [1.54, 1.807) is 14.0 Å². The molecule has 1 aliphatic rings. The number of rotatable bonds is 5. The minimum absolute atomic E-state index is 0.189. The summed E-state index contributed by atoms with van der Waals surface area (Å²) in [6, 6.07) is 1.51. The summed E-state index contributed by atoms with van der Waals surface area (Å²) in [4.78, 5) is 0.210. The first-order chi connectivity index (χ1) is 9.48. The average molecular weight is 300 g/mol. The first-order valence-electron chi connectivity index (χ1n) is 6.45. The molecule has 0 fully saturated rings. The number of aryl methyl sites for hydroxylation is 1. The molecule has 0 unspecified atom stereocenters. The van der Waals surface area contributed by atoms with Gasteiger partial charge >= 0.3 is 0 Å². The number of hydrogen-bond acceptors (Lipinski definition) is 5. The maximum Gasteiger partial charge on any atom is 0.246 e. The van der Waals surface area contributed by atoms with E-state index in [1.807, 2.05) is 6.08 Å². The molecular weight excluding hydrogens is 280 g/mol. The second-order valence-corrected chi connectivity index (χ2v) is 6.65. The number of methoxy groups -OCH3 is 1. The van der Waals surface area contributed by atoms with E-state index >= 15 is 0 Å². The summed E-state index contributed by atoms with van der Waals surface area (Å²) >= 11 is 0. The van der Waals surface area contributed by atoms with Gasteiger partial charge in [-0.25, -0.2) is 8.42 Å². The third-order valence-electron chi connectivity index (χ3n) is 3.34. The first-order valence-corrected chi connectivity index (χ1v) is 7.89. The van der Waals surface area contributed by atoms with Crippen LogP contribution in [0, 0.1) is 6.92 Å². The van der Waals surface area contributed by atoms with E-state index < -0.39 is 10.0 Å². The molecule has 6 nitrogen and oxygen atoms in total. The highest BCUT2D eigenvalue weighted by molar-refractivity contribution is 7.89. The van der Waals surface area contributed by atoms with Gasteiger partial charge in [-0.1, -0.05) is 6.08 Å². The van der Waals surface area contributed by atoms with Gasteiger partial charge in [0.25, 0.3) is 0 Å². The Bertz CT molecular complexity index is 604. The Kier molecular flexibility index (Phi) is 4.64. The fourth-order valence-electron chi connectivity index (χ4n) is 2.25. The summed E-state index contributed by atoms with van der Waals surface area (Å²) in [7, 11) is -1.89. The lowest BCUT2D eigenvalue weighted by molar-refractivity contribution is 0.219. The molecule has 0 spiro atoms. The summed E-state index contributed by atoms with van der Waals surface area (Å²) in [6.07, 6.45) is 2.59. The Morgan fingerprint density at radius 1 is 1.50 bits per heavy atom. The second kappa shape index (κ2) is 6.09. The standard InChI is InChI=1S/C13H20N2O4S/c1-10-13(7-12(8-14)19-10)20(16,17)15-5-3-11(4-6-15)9-18-2/h3,7H,4-6,8-9,14H2,1-2H3. The van der Waals surface area contributed by atoms with E-state index in [2.05, 4.69) is 0 Å². The van der Waals surface area contributed by atoms with Crippen LogP contribution >= 0.6 is 0 Å². The van der Waals surface area contributed by atoms with Crippen molar-refractivity contribution in [2.75, 3.05) is 26.8 Å². The minimum atomic E-state index is -3.52. The molecule has 0 atom stereocenters. The quantitative estimate of drug-likeness (QED) is 0.820. The Labute approximate surface area is 119 Å². The molecule has 20 heavy (non-hydrogen) atoms. The molecule has 0 aliphatic carbocycles. The molecule has 2 N–H and O–H groups in total. The van der Waals surface area contributed by atoms with Crippen molar-refractivity contribution in [3.63, 3.8) is 0 Å². The van der Waals surface area contributed by atoms with Gasteiger partial charge in [0.15, 0.2) is 0 Å². The molecule has 112 valence electrons. The molecule has 2 rings (SSSR count). The van der Waals surface area contributed by atoms with Gasteiger partial charge in [0.1, 0.15) is 16.4 Å². The fourth-order valence-corrected chi connectivity index (χ4v) is 3.81. The van der Waals surface area contributed by atoms with E-state index in [0.717, 1.165) is 5.57 Å². The minimum Gasteiger partial charge on any atom is -0.464 e. The lowest BCUT2D eigenvalue weighted by atomic mass is 10.1. The maximum atomic E-state index is 12.6. The number of hydrogen-bond donors (Lipinski definition) is 1. The van der Waals surface area contributed by atoms with Crippen LogP contribution in [0.15, 0.2) is 27.0 Å².